The van der Waals surface area contributed by atoms with Gasteiger partial charge in [-0.25, -0.2) is 0 Å². The van der Waals surface area contributed by atoms with Crippen LogP contribution in [0.15, 0.2) is 24.3 Å². The van der Waals surface area contributed by atoms with Crippen molar-refractivity contribution in [3.8, 4) is 5.75 Å². The third-order valence-electron chi connectivity index (χ3n) is 4.32. The molecule has 1 unspecified atom stereocenters. The molecule has 5 heteroatoms. The molecule has 0 spiro atoms. The maximum absolute atomic E-state index is 12.3. The minimum Gasteiger partial charge on any atom is -0.480 e. The lowest BCUT2D eigenvalue weighted by molar-refractivity contribution is -0.128. The highest BCUT2D eigenvalue weighted by atomic mass is 16.5. The van der Waals surface area contributed by atoms with Gasteiger partial charge in [-0.05, 0) is 24.5 Å². The van der Waals surface area contributed by atoms with Gasteiger partial charge in [0.2, 0.25) is 0 Å². The van der Waals surface area contributed by atoms with Gasteiger partial charge in [-0.15, -0.1) is 0 Å². The molecule has 3 N–H and O–H groups in total. The summed E-state index contributed by atoms with van der Waals surface area (Å²) in [6, 6.07) is 8.13. The summed E-state index contributed by atoms with van der Waals surface area (Å²) in [4.78, 5) is 14.7. The minimum absolute atomic E-state index is 0.0171. The van der Waals surface area contributed by atoms with E-state index in [4.69, 9.17) is 10.5 Å². The van der Waals surface area contributed by atoms with Crippen molar-refractivity contribution in [1.29, 1.82) is 0 Å². The van der Waals surface area contributed by atoms with E-state index in [1.54, 1.807) is 0 Å². The van der Waals surface area contributed by atoms with E-state index in [1.165, 1.54) is 0 Å². The standard InChI is InChI=1S/C16H23N3O2/c17-7-10-19-8-5-13(6-9-19)18-16(20)15-11-12-3-1-2-4-14(12)21-15/h1-4,13,15H,5-11,17H2,(H,18,20). The number of hydrogen-bond donors (Lipinski definition) is 2. The first kappa shape index (κ1) is 14.4. The van der Waals surface area contributed by atoms with E-state index in [0.29, 0.717) is 13.0 Å². The van der Waals surface area contributed by atoms with Gasteiger partial charge in [-0.2, -0.15) is 0 Å². The molecule has 0 aromatic heterocycles. The predicted octanol–water partition coefficient (Wildman–Crippen LogP) is 0.529. The van der Waals surface area contributed by atoms with Crippen molar-refractivity contribution in [2.75, 3.05) is 26.2 Å². The molecule has 0 bridgehead atoms. The fraction of sp³-hybridized carbons (Fsp3) is 0.562. The molecule has 1 aromatic carbocycles. The number of carbonyl (C=O) groups is 1. The van der Waals surface area contributed by atoms with Gasteiger partial charge in [0.15, 0.2) is 6.10 Å². The van der Waals surface area contributed by atoms with Crippen LogP contribution in [0.25, 0.3) is 0 Å². The van der Waals surface area contributed by atoms with Gasteiger partial charge >= 0.3 is 0 Å². The first-order chi connectivity index (χ1) is 10.3. The maximum atomic E-state index is 12.3. The normalized spacial score (nSPS) is 22.6. The quantitative estimate of drug-likeness (QED) is 0.848. The molecular weight excluding hydrogens is 266 g/mol. The first-order valence-corrected chi connectivity index (χ1v) is 7.73. The molecule has 0 aliphatic carbocycles. The molecule has 2 aliphatic rings. The second-order valence-electron chi connectivity index (χ2n) is 5.83. The number of fused-ring (bicyclic) bond motifs is 1. The molecular formula is C16H23N3O2. The highest BCUT2D eigenvalue weighted by molar-refractivity contribution is 5.82. The number of carbonyl (C=O) groups excluding carboxylic acids is 1. The van der Waals surface area contributed by atoms with Crippen molar-refractivity contribution in [2.45, 2.75) is 31.4 Å². The van der Waals surface area contributed by atoms with Gasteiger partial charge in [0.1, 0.15) is 5.75 Å². The van der Waals surface area contributed by atoms with E-state index in [9.17, 15) is 4.79 Å². The smallest absolute Gasteiger partial charge is 0.261 e. The van der Waals surface area contributed by atoms with Gasteiger partial charge in [-0.1, -0.05) is 18.2 Å². The monoisotopic (exact) mass is 289 g/mol. The zero-order valence-electron chi connectivity index (χ0n) is 12.3. The van der Waals surface area contributed by atoms with E-state index < -0.39 is 0 Å². The van der Waals surface area contributed by atoms with E-state index in [-0.39, 0.29) is 18.1 Å². The first-order valence-electron chi connectivity index (χ1n) is 7.73. The summed E-state index contributed by atoms with van der Waals surface area (Å²) in [6.07, 6.45) is 2.29. The van der Waals surface area contributed by atoms with Crippen LogP contribution in [0.4, 0.5) is 0 Å². The summed E-state index contributed by atoms with van der Waals surface area (Å²) < 4.78 is 5.73. The van der Waals surface area contributed by atoms with Crippen LogP contribution in [-0.4, -0.2) is 49.1 Å². The molecule has 1 amide bonds. The Labute approximate surface area is 125 Å². The van der Waals surface area contributed by atoms with Gasteiger partial charge in [0.25, 0.3) is 5.91 Å². The Hall–Kier alpha value is -1.59. The summed E-state index contributed by atoms with van der Waals surface area (Å²) in [5.74, 6) is 0.860. The number of nitrogens with two attached hydrogens (primary N) is 1. The maximum Gasteiger partial charge on any atom is 0.261 e. The number of para-hydroxylation sites is 1. The van der Waals surface area contributed by atoms with E-state index >= 15 is 0 Å². The minimum atomic E-state index is -0.371. The van der Waals surface area contributed by atoms with Crippen LogP contribution in [0.2, 0.25) is 0 Å². The van der Waals surface area contributed by atoms with Crippen LogP contribution in [0.5, 0.6) is 5.75 Å². The molecule has 0 saturated carbocycles. The summed E-state index contributed by atoms with van der Waals surface area (Å²) in [6.45, 7) is 3.66. The van der Waals surface area contributed by atoms with E-state index in [0.717, 1.165) is 43.8 Å². The van der Waals surface area contributed by atoms with Crippen LogP contribution in [0.1, 0.15) is 18.4 Å². The zero-order chi connectivity index (χ0) is 14.7. The lowest BCUT2D eigenvalue weighted by atomic mass is 10.0. The fourth-order valence-corrected chi connectivity index (χ4v) is 3.11. The largest absolute Gasteiger partial charge is 0.480 e. The number of ether oxygens (including phenoxy) is 1. The summed E-state index contributed by atoms with van der Waals surface area (Å²) in [5, 5.41) is 3.14. The summed E-state index contributed by atoms with van der Waals surface area (Å²) >= 11 is 0. The molecule has 1 atom stereocenters. The average molecular weight is 289 g/mol. The van der Waals surface area contributed by atoms with Crippen molar-refractivity contribution in [1.82, 2.24) is 10.2 Å². The van der Waals surface area contributed by atoms with Crippen LogP contribution in [-0.2, 0) is 11.2 Å². The second kappa shape index (κ2) is 6.45. The zero-order valence-corrected chi connectivity index (χ0v) is 12.3. The lowest BCUT2D eigenvalue weighted by Crippen LogP contribution is -2.49. The Morgan fingerprint density at radius 3 is 2.81 bits per heavy atom. The topological polar surface area (TPSA) is 67.6 Å². The van der Waals surface area contributed by atoms with Crippen molar-refractivity contribution < 1.29 is 9.53 Å². The Morgan fingerprint density at radius 2 is 2.10 bits per heavy atom. The fourth-order valence-electron chi connectivity index (χ4n) is 3.11. The molecule has 1 fully saturated rings. The molecule has 1 saturated heterocycles. The van der Waals surface area contributed by atoms with Crippen molar-refractivity contribution in [3.05, 3.63) is 29.8 Å². The predicted molar refractivity (Wildman–Crippen MR) is 81.2 cm³/mol. The van der Waals surface area contributed by atoms with E-state index in [2.05, 4.69) is 10.2 Å². The molecule has 114 valence electrons. The van der Waals surface area contributed by atoms with Crippen LogP contribution in [0, 0.1) is 0 Å². The summed E-state index contributed by atoms with van der Waals surface area (Å²) in [7, 11) is 0. The number of amides is 1. The molecule has 5 nitrogen and oxygen atoms in total. The third-order valence-corrected chi connectivity index (χ3v) is 4.32. The van der Waals surface area contributed by atoms with E-state index in [1.807, 2.05) is 24.3 Å². The van der Waals surface area contributed by atoms with Crippen molar-refractivity contribution >= 4 is 5.91 Å². The number of benzene rings is 1. The van der Waals surface area contributed by atoms with Gasteiger partial charge in [0.05, 0.1) is 0 Å². The van der Waals surface area contributed by atoms with Crippen molar-refractivity contribution in [3.63, 3.8) is 0 Å². The molecule has 2 heterocycles. The molecule has 21 heavy (non-hydrogen) atoms. The Kier molecular flexibility index (Phi) is 4.41. The molecule has 3 rings (SSSR count). The SMILES string of the molecule is NCCN1CCC(NC(=O)C2Cc3ccccc3O2)CC1. The molecule has 1 aromatic rings. The Morgan fingerprint density at radius 1 is 1.33 bits per heavy atom. The number of hydrogen-bond acceptors (Lipinski definition) is 4. The number of nitrogens with zero attached hydrogens (tertiary/aromatic N) is 1. The van der Waals surface area contributed by atoms with Gasteiger partial charge in [-0.3, -0.25) is 4.79 Å². The van der Waals surface area contributed by atoms with Crippen molar-refractivity contribution in [2.24, 2.45) is 5.73 Å². The Balaban J connectivity index is 1.48. The lowest BCUT2D eigenvalue weighted by Gasteiger charge is -2.32. The molecule has 2 aliphatic heterocycles. The number of likely N-dealkylation sites (tertiary alicyclic amines) is 1. The average Bonchev–Trinajstić information content (AvgIpc) is 2.94. The molecule has 0 radical (unpaired) electrons. The third kappa shape index (κ3) is 3.36. The second-order valence-corrected chi connectivity index (χ2v) is 5.83. The van der Waals surface area contributed by atoms with Crippen LogP contribution >= 0.6 is 0 Å². The highest BCUT2D eigenvalue weighted by Crippen LogP contribution is 2.28. The van der Waals surface area contributed by atoms with Gasteiger partial charge in [0, 0.05) is 38.6 Å². The van der Waals surface area contributed by atoms with Crippen LogP contribution in [0.3, 0.4) is 0 Å². The Bertz CT molecular complexity index is 473. The number of rotatable bonds is 4. The highest BCUT2D eigenvalue weighted by Gasteiger charge is 2.30. The van der Waals surface area contributed by atoms with Crippen LogP contribution < -0.4 is 15.8 Å². The number of nitrogens with one attached hydrogen (secondary N) is 1. The summed E-state index contributed by atoms with van der Waals surface area (Å²) in [5.41, 5.74) is 6.69. The number of piperidine rings is 1. The van der Waals surface area contributed by atoms with Gasteiger partial charge < -0.3 is 20.7 Å².